The molecule has 2 heterocycles. The van der Waals surface area contributed by atoms with E-state index in [1.54, 1.807) is 24.1 Å². The molecule has 1 amide bonds. The molecule has 2 aromatic carbocycles. The number of ether oxygens (including phenoxy) is 3. The van der Waals surface area contributed by atoms with Crippen molar-refractivity contribution in [3.8, 4) is 23.2 Å². The van der Waals surface area contributed by atoms with Gasteiger partial charge in [0.25, 0.3) is 11.9 Å². The van der Waals surface area contributed by atoms with Crippen LogP contribution in [-0.2, 0) is 6.54 Å². The molecule has 1 unspecified atom stereocenters. The van der Waals surface area contributed by atoms with E-state index in [9.17, 15) is 4.79 Å². The predicted molar refractivity (Wildman–Crippen MR) is 103 cm³/mol. The van der Waals surface area contributed by atoms with Crippen LogP contribution in [0.15, 0.2) is 65.1 Å². The summed E-state index contributed by atoms with van der Waals surface area (Å²) in [6.07, 6.45) is -0.160. The van der Waals surface area contributed by atoms with Crippen molar-refractivity contribution in [1.82, 2.24) is 4.90 Å². The Bertz CT molecular complexity index is 966. The molecule has 0 aliphatic carbocycles. The lowest BCUT2D eigenvalue weighted by Crippen LogP contribution is -2.35. The predicted octanol–water partition coefficient (Wildman–Crippen LogP) is 4.50. The molecule has 6 nitrogen and oxygen atoms in total. The SMILES string of the molecule is COc1ccc2c(c1)OC(C)CN(C(=O)c1ccc(Oc3ccccc3)o1)C2. The summed E-state index contributed by atoms with van der Waals surface area (Å²) in [5.41, 5.74) is 0.922. The summed E-state index contributed by atoms with van der Waals surface area (Å²) in [5.74, 6) is 2.40. The highest BCUT2D eigenvalue weighted by Gasteiger charge is 2.27. The van der Waals surface area contributed by atoms with Crippen molar-refractivity contribution in [2.75, 3.05) is 13.7 Å². The number of para-hydroxylation sites is 1. The molecule has 0 radical (unpaired) electrons. The number of amides is 1. The fourth-order valence-corrected chi connectivity index (χ4v) is 3.14. The fourth-order valence-electron chi connectivity index (χ4n) is 3.14. The molecule has 0 fully saturated rings. The number of carbonyl (C=O) groups is 1. The maximum Gasteiger partial charge on any atom is 0.290 e. The summed E-state index contributed by atoms with van der Waals surface area (Å²) < 4.78 is 22.5. The van der Waals surface area contributed by atoms with Crippen LogP contribution in [0.25, 0.3) is 0 Å². The number of nitrogens with zero attached hydrogens (tertiary/aromatic N) is 1. The first-order valence-corrected chi connectivity index (χ1v) is 9.08. The van der Waals surface area contributed by atoms with Gasteiger partial charge in [-0.1, -0.05) is 18.2 Å². The normalized spacial score (nSPS) is 15.9. The molecule has 0 saturated carbocycles. The van der Waals surface area contributed by atoms with Crippen molar-refractivity contribution in [3.63, 3.8) is 0 Å². The van der Waals surface area contributed by atoms with Crippen molar-refractivity contribution < 1.29 is 23.4 Å². The van der Waals surface area contributed by atoms with E-state index < -0.39 is 0 Å². The number of fused-ring (bicyclic) bond motifs is 1. The smallest absolute Gasteiger partial charge is 0.290 e. The van der Waals surface area contributed by atoms with Crippen molar-refractivity contribution in [3.05, 3.63) is 72.0 Å². The highest BCUT2D eigenvalue weighted by molar-refractivity contribution is 5.91. The van der Waals surface area contributed by atoms with Crippen LogP contribution in [0.4, 0.5) is 0 Å². The fraction of sp³-hybridized carbons (Fsp3) is 0.227. The summed E-state index contributed by atoms with van der Waals surface area (Å²) in [6, 6.07) is 18.2. The van der Waals surface area contributed by atoms with Crippen LogP contribution in [0.2, 0.25) is 0 Å². The van der Waals surface area contributed by atoms with Crippen LogP contribution in [-0.4, -0.2) is 30.6 Å². The van der Waals surface area contributed by atoms with E-state index in [2.05, 4.69) is 0 Å². The van der Waals surface area contributed by atoms with Crippen LogP contribution in [0.5, 0.6) is 23.2 Å². The van der Waals surface area contributed by atoms with E-state index in [0.717, 1.165) is 17.1 Å². The van der Waals surface area contributed by atoms with Crippen molar-refractivity contribution in [1.29, 1.82) is 0 Å². The van der Waals surface area contributed by atoms with E-state index in [1.165, 1.54) is 0 Å². The van der Waals surface area contributed by atoms with E-state index in [4.69, 9.17) is 18.6 Å². The second-order valence-electron chi connectivity index (χ2n) is 6.62. The Labute approximate surface area is 163 Å². The molecule has 144 valence electrons. The van der Waals surface area contributed by atoms with Gasteiger partial charge in [-0.05, 0) is 37.3 Å². The van der Waals surface area contributed by atoms with Gasteiger partial charge in [0.15, 0.2) is 5.76 Å². The summed E-state index contributed by atoms with van der Waals surface area (Å²) in [6.45, 7) is 2.81. The summed E-state index contributed by atoms with van der Waals surface area (Å²) in [7, 11) is 1.61. The van der Waals surface area contributed by atoms with E-state index in [-0.39, 0.29) is 23.7 Å². The van der Waals surface area contributed by atoms with Crippen molar-refractivity contribution in [2.24, 2.45) is 0 Å². The van der Waals surface area contributed by atoms with Crippen LogP contribution in [0.3, 0.4) is 0 Å². The van der Waals surface area contributed by atoms with Gasteiger partial charge in [0, 0.05) is 24.2 Å². The van der Waals surface area contributed by atoms with Crippen LogP contribution in [0.1, 0.15) is 23.0 Å². The van der Waals surface area contributed by atoms with Crippen LogP contribution in [0, 0.1) is 0 Å². The molecule has 4 rings (SSSR count). The van der Waals surface area contributed by atoms with E-state index in [0.29, 0.717) is 18.8 Å². The highest BCUT2D eigenvalue weighted by Crippen LogP contribution is 2.31. The first-order valence-electron chi connectivity index (χ1n) is 9.08. The second kappa shape index (κ2) is 7.68. The largest absolute Gasteiger partial charge is 0.497 e. The number of methoxy groups -OCH3 is 1. The Morgan fingerprint density at radius 2 is 1.89 bits per heavy atom. The Balaban J connectivity index is 1.52. The van der Waals surface area contributed by atoms with Crippen LogP contribution < -0.4 is 14.2 Å². The monoisotopic (exact) mass is 379 g/mol. The maximum absolute atomic E-state index is 13.0. The summed E-state index contributed by atoms with van der Waals surface area (Å²) in [4.78, 5) is 14.7. The zero-order valence-electron chi connectivity index (χ0n) is 15.8. The molecule has 0 N–H and O–H groups in total. The van der Waals surface area contributed by atoms with Gasteiger partial charge < -0.3 is 23.5 Å². The molecule has 0 spiro atoms. The zero-order chi connectivity index (χ0) is 19.5. The minimum absolute atomic E-state index is 0.160. The maximum atomic E-state index is 13.0. The number of hydrogen-bond acceptors (Lipinski definition) is 5. The Kier molecular flexibility index (Phi) is 4.93. The molecule has 1 atom stereocenters. The number of rotatable bonds is 4. The van der Waals surface area contributed by atoms with Gasteiger partial charge in [-0.15, -0.1) is 0 Å². The minimum Gasteiger partial charge on any atom is -0.497 e. The first-order chi connectivity index (χ1) is 13.6. The van der Waals surface area contributed by atoms with Gasteiger partial charge in [0.05, 0.1) is 13.7 Å². The molecule has 28 heavy (non-hydrogen) atoms. The summed E-state index contributed by atoms with van der Waals surface area (Å²) in [5, 5.41) is 0. The quantitative estimate of drug-likeness (QED) is 0.668. The molecular formula is C22H21NO5. The van der Waals surface area contributed by atoms with Gasteiger partial charge in [-0.3, -0.25) is 4.79 Å². The van der Waals surface area contributed by atoms with Gasteiger partial charge in [-0.2, -0.15) is 0 Å². The molecule has 0 bridgehead atoms. The van der Waals surface area contributed by atoms with Crippen molar-refractivity contribution in [2.45, 2.75) is 19.6 Å². The first kappa shape index (κ1) is 18.0. The lowest BCUT2D eigenvalue weighted by Gasteiger charge is -2.21. The topological polar surface area (TPSA) is 61.1 Å². The van der Waals surface area contributed by atoms with E-state index >= 15 is 0 Å². The second-order valence-corrected chi connectivity index (χ2v) is 6.62. The standard InChI is InChI=1S/C22H21NO5/c1-15-13-23(14-16-8-9-18(25-2)12-20(16)26-15)22(24)19-10-11-21(28-19)27-17-6-4-3-5-7-17/h3-12,15H,13-14H2,1-2H3. The molecule has 1 aromatic heterocycles. The lowest BCUT2D eigenvalue weighted by atomic mass is 10.1. The number of carbonyl (C=O) groups excluding carboxylic acids is 1. The molecule has 3 aromatic rings. The lowest BCUT2D eigenvalue weighted by molar-refractivity contribution is 0.0654. The minimum atomic E-state index is -0.206. The summed E-state index contributed by atoms with van der Waals surface area (Å²) >= 11 is 0. The van der Waals surface area contributed by atoms with Gasteiger partial charge in [0.2, 0.25) is 0 Å². The number of hydrogen-bond donors (Lipinski definition) is 0. The molecule has 0 saturated heterocycles. The third kappa shape index (κ3) is 3.81. The van der Waals surface area contributed by atoms with Crippen molar-refractivity contribution >= 4 is 5.91 Å². The number of furan rings is 1. The van der Waals surface area contributed by atoms with Gasteiger partial charge in [-0.25, -0.2) is 0 Å². The average Bonchev–Trinajstić information content (AvgIpc) is 3.09. The Morgan fingerprint density at radius 3 is 2.68 bits per heavy atom. The van der Waals surface area contributed by atoms with Gasteiger partial charge in [0.1, 0.15) is 23.4 Å². The Hall–Kier alpha value is -3.41. The van der Waals surface area contributed by atoms with Gasteiger partial charge >= 0.3 is 0 Å². The third-order valence-corrected chi connectivity index (χ3v) is 4.48. The Morgan fingerprint density at radius 1 is 1.07 bits per heavy atom. The van der Waals surface area contributed by atoms with E-state index in [1.807, 2.05) is 55.5 Å². The number of benzene rings is 2. The molecule has 1 aliphatic rings. The zero-order valence-corrected chi connectivity index (χ0v) is 15.8. The molecular weight excluding hydrogens is 358 g/mol. The molecule has 6 heteroatoms. The highest BCUT2D eigenvalue weighted by atomic mass is 16.6. The third-order valence-electron chi connectivity index (χ3n) is 4.48. The molecule has 1 aliphatic heterocycles. The average molecular weight is 379 g/mol. The van der Waals surface area contributed by atoms with Crippen LogP contribution >= 0.6 is 0 Å².